The molecule has 0 unspecified atom stereocenters. The highest BCUT2D eigenvalue weighted by Gasteiger charge is 2.06. The summed E-state index contributed by atoms with van der Waals surface area (Å²) in [6.07, 6.45) is 0. The Kier molecular flexibility index (Phi) is 4.57. The van der Waals surface area contributed by atoms with E-state index in [4.69, 9.17) is 0 Å². The molecule has 0 saturated carbocycles. The van der Waals surface area contributed by atoms with Gasteiger partial charge in [-0.1, -0.05) is 18.2 Å². The molecule has 0 fully saturated rings. The van der Waals surface area contributed by atoms with Crippen molar-refractivity contribution in [3.63, 3.8) is 0 Å². The first-order valence-corrected chi connectivity index (χ1v) is 8.45. The van der Waals surface area contributed by atoms with E-state index in [0.717, 1.165) is 27.2 Å². The molecule has 0 radical (unpaired) electrons. The molecule has 0 spiro atoms. The molecule has 0 bridgehead atoms. The zero-order valence-electron chi connectivity index (χ0n) is 13.2. The molecule has 1 aromatic carbocycles. The van der Waals surface area contributed by atoms with E-state index in [2.05, 4.69) is 46.8 Å². The monoisotopic (exact) mass is 325 g/mol. The van der Waals surface area contributed by atoms with E-state index >= 15 is 0 Å². The van der Waals surface area contributed by atoms with Gasteiger partial charge in [-0.2, -0.15) is 0 Å². The van der Waals surface area contributed by atoms with Crippen LogP contribution < -0.4 is 10.6 Å². The van der Waals surface area contributed by atoms with Gasteiger partial charge >= 0.3 is 0 Å². The van der Waals surface area contributed by atoms with Gasteiger partial charge < -0.3 is 10.6 Å². The van der Waals surface area contributed by atoms with Crippen molar-refractivity contribution in [1.29, 1.82) is 0 Å². The zero-order valence-corrected chi connectivity index (χ0v) is 14.0. The molecule has 118 valence electrons. The van der Waals surface area contributed by atoms with Gasteiger partial charge in [0.1, 0.15) is 5.82 Å². The van der Waals surface area contributed by atoms with Gasteiger partial charge in [0.05, 0.1) is 10.4 Å². The second kappa shape index (κ2) is 6.79. The molecule has 2 aromatic heterocycles. The van der Waals surface area contributed by atoms with E-state index in [1.807, 2.05) is 24.4 Å². The number of amides is 1. The van der Waals surface area contributed by atoms with Gasteiger partial charge in [0, 0.05) is 18.5 Å². The number of anilines is 1. The minimum atomic E-state index is -0.0272. The van der Waals surface area contributed by atoms with E-state index in [9.17, 15) is 4.79 Å². The number of hydrogen-bond acceptors (Lipinski definition) is 4. The van der Waals surface area contributed by atoms with E-state index < -0.39 is 0 Å². The standard InChI is InChI=1S/C18H19N3OS/c1-12-5-6-14-11-13(2)17(21-15(14)10-12)19-7-8-20-18(22)16-4-3-9-23-16/h3-6,9-11H,7-8H2,1-2H3,(H,19,21)(H,20,22). The van der Waals surface area contributed by atoms with Crippen molar-refractivity contribution in [3.05, 3.63) is 57.8 Å². The molecule has 0 aliphatic carbocycles. The largest absolute Gasteiger partial charge is 0.368 e. The van der Waals surface area contributed by atoms with Crippen LogP contribution in [0.5, 0.6) is 0 Å². The molecule has 0 saturated heterocycles. The first kappa shape index (κ1) is 15.5. The van der Waals surface area contributed by atoms with Crippen LogP contribution in [0.1, 0.15) is 20.8 Å². The summed E-state index contributed by atoms with van der Waals surface area (Å²) in [6.45, 7) is 5.30. The molecule has 0 aliphatic heterocycles. The van der Waals surface area contributed by atoms with Crippen LogP contribution in [0.2, 0.25) is 0 Å². The molecule has 0 atom stereocenters. The molecule has 2 N–H and O–H groups in total. The summed E-state index contributed by atoms with van der Waals surface area (Å²) >= 11 is 1.45. The fourth-order valence-electron chi connectivity index (χ4n) is 2.41. The highest BCUT2D eigenvalue weighted by molar-refractivity contribution is 7.12. The first-order valence-electron chi connectivity index (χ1n) is 7.57. The normalized spacial score (nSPS) is 10.7. The first-order chi connectivity index (χ1) is 11.1. The van der Waals surface area contributed by atoms with Crippen molar-refractivity contribution >= 4 is 34.0 Å². The molecular formula is C18H19N3OS. The summed E-state index contributed by atoms with van der Waals surface area (Å²) in [4.78, 5) is 17.3. The summed E-state index contributed by atoms with van der Waals surface area (Å²) in [5, 5.41) is 9.25. The van der Waals surface area contributed by atoms with Crippen LogP contribution in [0.25, 0.3) is 10.9 Å². The van der Waals surface area contributed by atoms with Crippen LogP contribution in [0.4, 0.5) is 5.82 Å². The average Bonchev–Trinajstić information content (AvgIpc) is 3.06. The predicted octanol–water partition coefficient (Wildman–Crippen LogP) is 3.76. The van der Waals surface area contributed by atoms with Gasteiger partial charge in [-0.05, 0) is 48.6 Å². The summed E-state index contributed by atoms with van der Waals surface area (Å²) in [5.41, 5.74) is 3.29. The van der Waals surface area contributed by atoms with Crippen LogP contribution in [0, 0.1) is 13.8 Å². The number of pyridine rings is 1. The quantitative estimate of drug-likeness (QED) is 0.702. The van der Waals surface area contributed by atoms with Crippen molar-refractivity contribution in [1.82, 2.24) is 10.3 Å². The fourth-order valence-corrected chi connectivity index (χ4v) is 3.05. The second-order valence-electron chi connectivity index (χ2n) is 5.51. The minimum absolute atomic E-state index is 0.0272. The molecule has 5 heteroatoms. The molecule has 4 nitrogen and oxygen atoms in total. The van der Waals surface area contributed by atoms with E-state index in [-0.39, 0.29) is 5.91 Å². The van der Waals surface area contributed by atoms with Crippen molar-refractivity contribution in [2.24, 2.45) is 0 Å². The number of nitrogens with one attached hydrogen (secondary N) is 2. The third kappa shape index (κ3) is 3.68. The summed E-state index contributed by atoms with van der Waals surface area (Å²) < 4.78 is 0. The Bertz CT molecular complexity index is 828. The number of rotatable bonds is 5. The zero-order chi connectivity index (χ0) is 16.2. The lowest BCUT2D eigenvalue weighted by atomic mass is 10.1. The summed E-state index contributed by atoms with van der Waals surface area (Å²) in [5.74, 6) is 0.842. The Hall–Kier alpha value is -2.40. The van der Waals surface area contributed by atoms with Crippen LogP contribution in [-0.2, 0) is 0 Å². The van der Waals surface area contributed by atoms with Crippen molar-refractivity contribution in [3.8, 4) is 0 Å². The maximum Gasteiger partial charge on any atom is 0.261 e. The number of thiophene rings is 1. The van der Waals surface area contributed by atoms with Crippen LogP contribution in [0.15, 0.2) is 41.8 Å². The molecule has 2 heterocycles. The van der Waals surface area contributed by atoms with Gasteiger partial charge in [-0.25, -0.2) is 4.98 Å². The third-order valence-electron chi connectivity index (χ3n) is 3.61. The smallest absolute Gasteiger partial charge is 0.261 e. The van der Waals surface area contributed by atoms with Crippen LogP contribution in [-0.4, -0.2) is 24.0 Å². The van der Waals surface area contributed by atoms with Gasteiger partial charge in [0.25, 0.3) is 5.91 Å². The predicted molar refractivity (Wildman–Crippen MR) is 96.4 cm³/mol. The van der Waals surface area contributed by atoms with Crippen molar-refractivity contribution < 1.29 is 4.79 Å². The van der Waals surface area contributed by atoms with Gasteiger partial charge in [-0.3, -0.25) is 4.79 Å². The second-order valence-corrected chi connectivity index (χ2v) is 6.46. The lowest BCUT2D eigenvalue weighted by molar-refractivity contribution is 0.0959. The number of aromatic nitrogens is 1. The average molecular weight is 325 g/mol. The lowest BCUT2D eigenvalue weighted by Crippen LogP contribution is -2.28. The Morgan fingerprint density at radius 2 is 2.04 bits per heavy atom. The van der Waals surface area contributed by atoms with Crippen LogP contribution >= 0.6 is 11.3 Å². The van der Waals surface area contributed by atoms with Crippen LogP contribution in [0.3, 0.4) is 0 Å². The van der Waals surface area contributed by atoms with E-state index in [1.165, 1.54) is 16.9 Å². The molecular weight excluding hydrogens is 306 g/mol. The van der Waals surface area contributed by atoms with E-state index in [1.54, 1.807) is 0 Å². The number of aryl methyl sites for hydroxylation is 2. The SMILES string of the molecule is Cc1ccc2cc(C)c(NCCNC(=O)c3cccs3)nc2c1. The van der Waals surface area contributed by atoms with E-state index in [0.29, 0.717) is 13.1 Å². The Morgan fingerprint density at radius 1 is 1.17 bits per heavy atom. The molecule has 23 heavy (non-hydrogen) atoms. The molecule has 3 aromatic rings. The topological polar surface area (TPSA) is 54.0 Å². The summed E-state index contributed by atoms with van der Waals surface area (Å²) in [6, 6.07) is 12.1. The number of benzene rings is 1. The molecule has 3 rings (SSSR count). The minimum Gasteiger partial charge on any atom is -0.368 e. The lowest BCUT2D eigenvalue weighted by Gasteiger charge is -2.11. The Labute approximate surface area is 139 Å². The Balaban J connectivity index is 1.60. The maximum atomic E-state index is 11.9. The Morgan fingerprint density at radius 3 is 2.83 bits per heavy atom. The summed E-state index contributed by atoms with van der Waals surface area (Å²) in [7, 11) is 0. The number of nitrogens with zero attached hydrogens (tertiary/aromatic N) is 1. The molecule has 1 amide bonds. The third-order valence-corrected chi connectivity index (χ3v) is 4.48. The highest BCUT2D eigenvalue weighted by Crippen LogP contribution is 2.20. The number of fused-ring (bicyclic) bond motifs is 1. The number of hydrogen-bond donors (Lipinski definition) is 2. The number of carbonyl (C=O) groups excluding carboxylic acids is 1. The van der Waals surface area contributed by atoms with Gasteiger partial charge in [0.2, 0.25) is 0 Å². The molecule has 0 aliphatic rings. The van der Waals surface area contributed by atoms with Gasteiger partial charge in [-0.15, -0.1) is 11.3 Å². The maximum absolute atomic E-state index is 11.9. The van der Waals surface area contributed by atoms with Crippen molar-refractivity contribution in [2.45, 2.75) is 13.8 Å². The van der Waals surface area contributed by atoms with Crippen molar-refractivity contribution in [2.75, 3.05) is 18.4 Å². The number of carbonyl (C=O) groups is 1. The van der Waals surface area contributed by atoms with Gasteiger partial charge in [0.15, 0.2) is 0 Å². The fraction of sp³-hybridized carbons (Fsp3) is 0.222. The highest BCUT2D eigenvalue weighted by atomic mass is 32.1.